The third kappa shape index (κ3) is 2.62. The maximum Gasteiger partial charge on any atom is 0.255 e. The number of nitrogens with zero attached hydrogens (tertiary/aromatic N) is 1. The molecule has 2 bridgehead atoms. The second-order valence-electron chi connectivity index (χ2n) is 9.69. The number of carbonyl (C=O) groups excluding carboxylic acids is 3. The van der Waals surface area contributed by atoms with E-state index in [1.54, 1.807) is 24.3 Å². The highest BCUT2D eigenvalue weighted by molar-refractivity contribution is 6.23. The van der Waals surface area contributed by atoms with E-state index in [4.69, 9.17) is 0 Å². The van der Waals surface area contributed by atoms with E-state index in [1.807, 2.05) is 42.5 Å². The molecule has 3 aromatic carbocycles. The van der Waals surface area contributed by atoms with E-state index in [9.17, 15) is 14.4 Å². The molecule has 3 fully saturated rings. The van der Waals surface area contributed by atoms with Crippen molar-refractivity contribution >= 4 is 39.9 Å². The van der Waals surface area contributed by atoms with E-state index in [0.717, 1.165) is 22.9 Å². The number of hydrogen-bond donors (Lipinski definition) is 1. The van der Waals surface area contributed by atoms with Gasteiger partial charge < -0.3 is 5.32 Å². The minimum Gasteiger partial charge on any atom is -0.321 e. The summed E-state index contributed by atoms with van der Waals surface area (Å²) in [5.41, 5.74) is 1.78. The highest BCUT2D eigenvalue weighted by atomic mass is 16.2. The van der Waals surface area contributed by atoms with Gasteiger partial charge in [-0.3, -0.25) is 19.3 Å². The van der Waals surface area contributed by atoms with E-state index in [2.05, 4.69) is 17.5 Å². The molecular formula is C28H22N2O3. The topological polar surface area (TPSA) is 66.5 Å². The molecule has 0 spiro atoms. The quantitative estimate of drug-likeness (QED) is 0.482. The second-order valence-corrected chi connectivity index (χ2v) is 9.69. The van der Waals surface area contributed by atoms with Gasteiger partial charge in [0.05, 0.1) is 17.5 Å². The summed E-state index contributed by atoms with van der Waals surface area (Å²) in [7, 11) is 0. The van der Waals surface area contributed by atoms with Crippen LogP contribution in [0, 0.1) is 35.5 Å². The third-order valence-corrected chi connectivity index (χ3v) is 8.09. The Morgan fingerprint density at radius 3 is 2.12 bits per heavy atom. The predicted molar refractivity (Wildman–Crippen MR) is 126 cm³/mol. The summed E-state index contributed by atoms with van der Waals surface area (Å²) >= 11 is 0. The number of rotatable bonds is 3. The third-order valence-electron chi connectivity index (χ3n) is 8.09. The molecule has 4 aliphatic carbocycles. The van der Waals surface area contributed by atoms with Crippen molar-refractivity contribution in [2.75, 3.05) is 10.2 Å². The Balaban J connectivity index is 1.14. The molecule has 1 saturated heterocycles. The van der Waals surface area contributed by atoms with Crippen LogP contribution in [0.1, 0.15) is 16.8 Å². The monoisotopic (exact) mass is 434 g/mol. The van der Waals surface area contributed by atoms with Crippen LogP contribution in [-0.2, 0) is 9.59 Å². The van der Waals surface area contributed by atoms with Gasteiger partial charge in [0.25, 0.3) is 5.91 Å². The lowest BCUT2D eigenvalue weighted by atomic mass is 9.63. The smallest absolute Gasteiger partial charge is 0.255 e. The molecule has 1 aliphatic heterocycles. The largest absolute Gasteiger partial charge is 0.321 e. The Hall–Kier alpha value is -3.73. The van der Waals surface area contributed by atoms with Crippen LogP contribution in [0.4, 0.5) is 11.4 Å². The fourth-order valence-corrected chi connectivity index (χ4v) is 6.50. The minimum absolute atomic E-state index is 0.0809. The zero-order valence-electron chi connectivity index (χ0n) is 17.8. The molecule has 33 heavy (non-hydrogen) atoms. The number of anilines is 2. The van der Waals surface area contributed by atoms with Gasteiger partial charge in [-0.15, -0.1) is 0 Å². The van der Waals surface area contributed by atoms with Gasteiger partial charge in [-0.25, -0.2) is 0 Å². The van der Waals surface area contributed by atoms with Gasteiger partial charge in [-0.1, -0.05) is 48.6 Å². The van der Waals surface area contributed by atoms with E-state index in [1.165, 1.54) is 4.90 Å². The highest BCUT2D eigenvalue weighted by Gasteiger charge is 2.67. The lowest BCUT2D eigenvalue weighted by Gasteiger charge is -2.37. The molecule has 1 heterocycles. The van der Waals surface area contributed by atoms with Crippen molar-refractivity contribution in [3.05, 3.63) is 84.4 Å². The molecule has 6 atom stereocenters. The number of hydrogen-bond acceptors (Lipinski definition) is 3. The Morgan fingerprint density at radius 1 is 0.788 bits per heavy atom. The number of fused-ring (bicyclic) bond motifs is 1. The van der Waals surface area contributed by atoms with Gasteiger partial charge in [-0.2, -0.15) is 0 Å². The first-order valence-electron chi connectivity index (χ1n) is 11.6. The molecular weight excluding hydrogens is 412 g/mol. The normalized spacial score (nSPS) is 31.0. The summed E-state index contributed by atoms with van der Waals surface area (Å²) in [6.45, 7) is 0. The van der Waals surface area contributed by atoms with Crippen LogP contribution in [0.2, 0.25) is 0 Å². The van der Waals surface area contributed by atoms with Gasteiger partial charge in [0, 0.05) is 16.6 Å². The van der Waals surface area contributed by atoms with E-state index >= 15 is 0 Å². The minimum atomic E-state index is -0.229. The molecule has 5 aliphatic rings. The van der Waals surface area contributed by atoms with Crippen LogP contribution in [0.5, 0.6) is 0 Å². The predicted octanol–water partition coefficient (Wildman–Crippen LogP) is 4.65. The van der Waals surface area contributed by atoms with Crippen LogP contribution in [0.15, 0.2) is 78.9 Å². The average molecular weight is 434 g/mol. The number of benzene rings is 3. The van der Waals surface area contributed by atoms with Crippen molar-refractivity contribution in [1.82, 2.24) is 0 Å². The molecule has 2 saturated carbocycles. The first-order chi connectivity index (χ1) is 16.1. The molecule has 0 radical (unpaired) electrons. The first-order valence-corrected chi connectivity index (χ1v) is 11.6. The summed E-state index contributed by atoms with van der Waals surface area (Å²) in [5.74, 6) is 0.750. The van der Waals surface area contributed by atoms with Crippen molar-refractivity contribution in [3.8, 4) is 0 Å². The lowest BCUT2D eigenvalue weighted by Crippen LogP contribution is -2.40. The zero-order chi connectivity index (χ0) is 22.3. The number of allylic oxidation sites excluding steroid dienone is 2. The van der Waals surface area contributed by atoms with Gasteiger partial charge in [0.2, 0.25) is 11.8 Å². The van der Waals surface area contributed by atoms with Gasteiger partial charge >= 0.3 is 0 Å². The Morgan fingerprint density at radius 2 is 1.42 bits per heavy atom. The van der Waals surface area contributed by atoms with Crippen LogP contribution in [-0.4, -0.2) is 17.7 Å². The van der Waals surface area contributed by atoms with Crippen molar-refractivity contribution in [2.45, 2.75) is 6.42 Å². The van der Waals surface area contributed by atoms with Crippen molar-refractivity contribution < 1.29 is 14.4 Å². The number of imide groups is 1. The van der Waals surface area contributed by atoms with Crippen LogP contribution >= 0.6 is 0 Å². The van der Waals surface area contributed by atoms with Gasteiger partial charge in [0.15, 0.2) is 0 Å². The van der Waals surface area contributed by atoms with Crippen LogP contribution in [0.3, 0.4) is 0 Å². The van der Waals surface area contributed by atoms with Crippen molar-refractivity contribution in [3.63, 3.8) is 0 Å². The molecule has 5 nitrogen and oxygen atoms in total. The van der Waals surface area contributed by atoms with Gasteiger partial charge in [-0.05, 0) is 65.8 Å². The number of carbonyl (C=O) groups is 3. The number of nitrogens with one attached hydrogen (secondary N) is 1. The lowest BCUT2D eigenvalue weighted by molar-refractivity contribution is -0.124. The molecule has 162 valence electrons. The highest BCUT2D eigenvalue weighted by Crippen LogP contribution is 2.65. The fraction of sp³-hybridized carbons (Fsp3) is 0.250. The van der Waals surface area contributed by atoms with Crippen molar-refractivity contribution in [2.24, 2.45) is 35.5 Å². The van der Waals surface area contributed by atoms with E-state index in [-0.39, 0.29) is 41.4 Å². The summed E-state index contributed by atoms with van der Waals surface area (Å²) in [4.78, 5) is 40.8. The molecule has 0 unspecified atom stereocenters. The molecule has 1 N–H and O–H groups in total. The summed E-state index contributed by atoms with van der Waals surface area (Å²) < 4.78 is 0. The summed E-state index contributed by atoms with van der Waals surface area (Å²) in [6.07, 6.45) is 5.50. The van der Waals surface area contributed by atoms with Crippen molar-refractivity contribution in [1.29, 1.82) is 0 Å². The first kappa shape index (κ1) is 18.8. The second kappa shape index (κ2) is 6.64. The molecule has 5 heteroatoms. The zero-order valence-corrected chi connectivity index (χ0v) is 17.8. The Kier molecular flexibility index (Phi) is 3.78. The SMILES string of the molecule is O=C(Nc1cccc2ccccc12)c1ccc(N2C(=O)[C@@H]3[C@H]4C=C[C@@H]([C@@H]5C[C@H]45)[C@H]3C2=O)cc1. The Labute approximate surface area is 191 Å². The molecule has 3 aromatic rings. The number of amides is 3. The molecule has 0 aromatic heterocycles. The average Bonchev–Trinajstić information content (AvgIpc) is 3.63. The molecule has 3 amide bonds. The maximum atomic E-state index is 13.3. The standard InChI is InChI=1S/C28H22N2O3/c31-26(29-23-7-3-5-15-4-1-2-6-18(15)23)16-8-10-17(11-9-16)30-27(32)24-19-12-13-20(22-14-21(19)22)25(24)28(30)33/h1-13,19-22,24-25H,14H2,(H,29,31)/t19-,20-,21-,22+,24+,25+/m0/s1. The fourth-order valence-electron chi connectivity index (χ4n) is 6.50. The van der Waals surface area contributed by atoms with Crippen LogP contribution < -0.4 is 10.2 Å². The summed E-state index contributed by atoms with van der Waals surface area (Å²) in [5, 5.41) is 5.01. The Bertz CT molecular complexity index is 1330. The molecule has 8 rings (SSSR count). The van der Waals surface area contributed by atoms with Crippen LogP contribution in [0.25, 0.3) is 10.8 Å². The maximum absolute atomic E-state index is 13.3. The van der Waals surface area contributed by atoms with E-state index in [0.29, 0.717) is 23.1 Å². The summed E-state index contributed by atoms with van der Waals surface area (Å²) in [6, 6.07) is 20.5. The van der Waals surface area contributed by atoms with E-state index < -0.39 is 0 Å². The van der Waals surface area contributed by atoms with Gasteiger partial charge in [0.1, 0.15) is 0 Å².